The van der Waals surface area contributed by atoms with Crippen molar-refractivity contribution in [2.24, 2.45) is 5.10 Å². The van der Waals surface area contributed by atoms with Crippen LogP contribution < -0.4 is 5.43 Å². The van der Waals surface area contributed by atoms with Gasteiger partial charge in [0, 0.05) is 11.1 Å². The molecule has 0 aliphatic carbocycles. The molecule has 7 heteroatoms. The number of tetrazole rings is 1. The lowest BCUT2D eigenvalue weighted by molar-refractivity contribution is 0.0955. The number of aromatic nitrogens is 4. The molecule has 0 fully saturated rings. The third kappa shape index (κ3) is 5.60. The van der Waals surface area contributed by atoms with Gasteiger partial charge >= 0.3 is 0 Å². The summed E-state index contributed by atoms with van der Waals surface area (Å²) in [6.45, 7) is 2.39. The van der Waals surface area contributed by atoms with E-state index in [0.717, 1.165) is 22.3 Å². The molecule has 1 N–H and O–H groups in total. The molecule has 0 aliphatic rings. The topological polar surface area (TPSA) is 85.1 Å². The van der Waals surface area contributed by atoms with Crippen LogP contribution in [0.4, 0.5) is 0 Å². The van der Waals surface area contributed by atoms with Gasteiger partial charge in [-0.2, -0.15) is 9.90 Å². The largest absolute Gasteiger partial charge is 0.271 e. The Morgan fingerprint density at radius 2 is 1.66 bits per heavy atom. The van der Waals surface area contributed by atoms with Crippen molar-refractivity contribution in [2.45, 2.75) is 13.5 Å². The first kappa shape index (κ1) is 20.9. The zero-order valence-corrected chi connectivity index (χ0v) is 17.6. The molecular weight excluding hydrogens is 400 g/mol. The molecular formula is C25H22N6O. The molecule has 1 aromatic heterocycles. The number of allylic oxidation sites excluding steroid dienone is 1. The fourth-order valence-corrected chi connectivity index (χ4v) is 3.04. The summed E-state index contributed by atoms with van der Waals surface area (Å²) in [6.07, 6.45) is 3.62. The number of hydrazone groups is 1. The van der Waals surface area contributed by atoms with Gasteiger partial charge in [0.15, 0.2) is 0 Å². The molecule has 0 saturated heterocycles. The number of carbonyl (C=O) groups is 1. The van der Waals surface area contributed by atoms with E-state index in [0.29, 0.717) is 17.9 Å². The van der Waals surface area contributed by atoms with Crippen molar-refractivity contribution in [3.8, 4) is 11.4 Å². The SMILES string of the molecule is CC(/C=N\NC(=O)c1ccc(Cn2nnc(-c3ccccc3)n2)cc1)=C/c1ccccc1. The van der Waals surface area contributed by atoms with E-state index in [1.165, 1.54) is 4.80 Å². The second kappa shape index (κ2) is 10.1. The van der Waals surface area contributed by atoms with Crippen molar-refractivity contribution < 1.29 is 4.79 Å². The van der Waals surface area contributed by atoms with Crippen molar-refractivity contribution in [3.63, 3.8) is 0 Å². The summed E-state index contributed by atoms with van der Waals surface area (Å²) in [4.78, 5) is 13.9. The van der Waals surface area contributed by atoms with Crippen LogP contribution in [0, 0.1) is 0 Å². The smallest absolute Gasteiger partial charge is 0.267 e. The number of rotatable bonds is 7. The Kier molecular flexibility index (Phi) is 6.57. The van der Waals surface area contributed by atoms with Crippen LogP contribution in [0.5, 0.6) is 0 Å². The number of hydrogen-bond donors (Lipinski definition) is 1. The lowest BCUT2D eigenvalue weighted by Crippen LogP contribution is -2.17. The molecule has 7 nitrogen and oxygen atoms in total. The standard InChI is InChI=1S/C25H22N6O/c1-19(16-20-8-4-2-5-9-20)17-26-28-25(32)23-14-12-21(13-15-23)18-31-29-24(27-30-31)22-10-6-3-7-11-22/h2-17H,18H2,1H3,(H,28,32)/b19-16-,26-17-. The summed E-state index contributed by atoms with van der Waals surface area (Å²) in [5, 5.41) is 16.7. The average Bonchev–Trinajstić information content (AvgIpc) is 3.29. The van der Waals surface area contributed by atoms with Crippen molar-refractivity contribution >= 4 is 18.2 Å². The molecule has 0 spiro atoms. The number of amides is 1. The summed E-state index contributed by atoms with van der Waals surface area (Å²) < 4.78 is 0. The zero-order valence-electron chi connectivity index (χ0n) is 17.6. The maximum Gasteiger partial charge on any atom is 0.271 e. The van der Waals surface area contributed by atoms with Crippen molar-refractivity contribution in [2.75, 3.05) is 0 Å². The van der Waals surface area contributed by atoms with Gasteiger partial charge < -0.3 is 0 Å². The maximum atomic E-state index is 12.3. The van der Waals surface area contributed by atoms with Gasteiger partial charge in [0.25, 0.3) is 5.91 Å². The summed E-state index contributed by atoms with van der Waals surface area (Å²) in [5.41, 5.74) is 6.97. The van der Waals surface area contributed by atoms with Gasteiger partial charge in [-0.15, -0.1) is 10.2 Å². The van der Waals surface area contributed by atoms with Crippen LogP contribution >= 0.6 is 0 Å². The highest BCUT2D eigenvalue weighted by Crippen LogP contribution is 2.13. The highest BCUT2D eigenvalue weighted by atomic mass is 16.2. The summed E-state index contributed by atoms with van der Waals surface area (Å²) in [6, 6.07) is 26.9. The quantitative estimate of drug-likeness (QED) is 0.357. The maximum absolute atomic E-state index is 12.3. The molecule has 0 atom stereocenters. The second-order valence-corrected chi connectivity index (χ2v) is 7.20. The lowest BCUT2D eigenvalue weighted by Gasteiger charge is -2.03. The molecule has 3 aromatic carbocycles. The van der Waals surface area contributed by atoms with E-state index < -0.39 is 0 Å². The van der Waals surface area contributed by atoms with E-state index >= 15 is 0 Å². The molecule has 0 unspecified atom stereocenters. The molecule has 4 aromatic rings. The third-order valence-corrected chi connectivity index (χ3v) is 4.65. The molecule has 0 radical (unpaired) electrons. The van der Waals surface area contributed by atoms with Crippen LogP contribution in [0.2, 0.25) is 0 Å². The van der Waals surface area contributed by atoms with E-state index in [2.05, 4.69) is 25.9 Å². The second-order valence-electron chi connectivity index (χ2n) is 7.20. The van der Waals surface area contributed by atoms with Crippen LogP contribution in [0.25, 0.3) is 17.5 Å². The molecule has 0 aliphatic heterocycles. The number of hydrogen-bond acceptors (Lipinski definition) is 5. The van der Waals surface area contributed by atoms with Crippen LogP contribution in [-0.2, 0) is 6.54 Å². The van der Waals surface area contributed by atoms with Crippen LogP contribution in [0.1, 0.15) is 28.4 Å². The molecule has 4 rings (SSSR count). The Morgan fingerprint density at radius 3 is 2.38 bits per heavy atom. The van der Waals surface area contributed by atoms with Crippen molar-refractivity contribution in [1.82, 2.24) is 25.6 Å². The Labute approximate surface area is 186 Å². The monoisotopic (exact) mass is 422 g/mol. The number of carbonyl (C=O) groups excluding carboxylic acids is 1. The average molecular weight is 422 g/mol. The van der Waals surface area contributed by atoms with Gasteiger partial charge in [0.2, 0.25) is 5.82 Å². The predicted molar refractivity (Wildman–Crippen MR) is 125 cm³/mol. The Hall–Kier alpha value is -4.39. The van der Waals surface area contributed by atoms with E-state index in [1.54, 1.807) is 18.3 Å². The first-order valence-corrected chi connectivity index (χ1v) is 10.2. The number of benzene rings is 3. The highest BCUT2D eigenvalue weighted by molar-refractivity contribution is 5.95. The lowest BCUT2D eigenvalue weighted by atomic mass is 10.1. The summed E-state index contributed by atoms with van der Waals surface area (Å²) in [7, 11) is 0. The van der Waals surface area contributed by atoms with Crippen molar-refractivity contribution in [3.05, 3.63) is 107 Å². The fraction of sp³-hybridized carbons (Fsp3) is 0.0800. The summed E-state index contributed by atoms with van der Waals surface area (Å²) in [5.74, 6) is 0.307. The molecule has 158 valence electrons. The van der Waals surface area contributed by atoms with Gasteiger partial charge in [-0.3, -0.25) is 4.79 Å². The van der Waals surface area contributed by atoms with E-state index in [-0.39, 0.29) is 5.91 Å². The highest BCUT2D eigenvalue weighted by Gasteiger charge is 2.07. The third-order valence-electron chi connectivity index (χ3n) is 4.65. The van der Waals surface area contributed by atoms with Crippen LogP contribution in [0.15, 0.2) is 95.6 Å². The normalized spacial score (nSPS) is 11.6. The minimum absolute atomic E-state index is 0.273. The van der Waals surface area contributed by atoms with E-state index in [9.17, 15) is 4.79 Å². The molecule has 32 heavy (non-hydrogen) atoms. The Balaban J connectivity index is 1.33. The minimum atomic E-state index is -0.273. The zero-order chi connectivity index (χ0) is 22.2. The first-order chi connectivity index (χ1) is 15.7. The number of nitrogens with zero attached hydrogens (tertiary/aromatic N) is 5. The van der Waals surface area contributed by atoms with Gasteiger partial charge in [-0.1, -0.05) is 78.9 Å². The summed E-state index contributed by atoms with van der Waals surface area (Å²) >= 11 is 0. The number of nitrogens with one attached hydrogen (secondary N) is 1. The van der Waals surface area contributed by atoms with E-state index in [1.807, 2.05) is 85.8 Å². The minimum Gasteiger partial charge on any atom is -0.267 e. The van der Waals surface area contributed by atoms with Crippen molar-refractivity contribution in [1.29, 1.82) is 0 Å². The Bertz CT molecular complexity index is 1230. The van der Waals surface area contributed by atoms with Gasteiger partial charge in [0.05, 0.1) is 12.8 Å². The van der Waals surface area contributed by atoms with Crippen LogP contribution in [0.3, 0.4) is 0 Å². The Morgan fingerprint density at radius 1 is 0.969 bits per heavy atom. The molecule has 1 heterocycles. The predicted octanol–water partition coefficient (Wildman–Crippen LogP) is 4.21. The van der Waals surface area contributed by atoms with Gasteiger partial charge in [-0.05, 0) is 41.0 Å². The first-order valence-electron chi connectivity index (χ1n) is 10.2. The molecule has 1 amide bonds. The fourth-order valence-electron chi connectivity index (χ4n) is 3.04. The van der Waals surface area contributed by atoms with Gasteiger partial charge in [0.1, 0.15) is 0 Å². The van der Waals surface area contributed by atoms with Crippen LogP contribution in [-0.4, -0.2) is 32.3 Å². The molecule has 0 saturated carbocycles. The van der Waals surface area contributed by atoms with E-state index in [4.69, 9.17) is 0 Å². The van der Waals surface area contributed by atoms with Gasteiger partial charge in [-0.25, -0.2) is 5.43 Å². The molecule has 0 bridgehead atoms.